The summed E-state index contributed by atoms with van der Waals surface area (Å²) in [5.74, 6) is 1.06. The highest BCUT2D eigenvalue weighted by atomic mass is 16.5. The predicted octanol–water partition coefficient (Wildman–Crippen LogP) is 2.98. The Bertz CT molecular complexity index is 791. The van der Waals surface area contributed by atoms with E-state index >= 15 is 0 Å². The van der Waals surface area contributed by atoms with Crippen LogP contribution >= 0.6 is 0 Å². The molecule has 6 nitrogen and oxygen atoms in total. The van der Waals surface area contributed by atoms with E-state index in [4.69, 9.17) is 4.74 Å². The maximum atomic E-state index is 12.3. The van der Waals surface area contributed by atoms with Gasteiger partial charge in [0.1, 0.15) is 0 Å². The van der Waals surface area contributed by atoms with Gasteiger partial charge in [0.25, 0.3) is 5.91 Å². The lowest BCUT2D eigenvalue weighted by Crippen LogP contribution is -2.66. The molecule has 1 aliphatic carbocycles. The van der Waals surface area contributed by atoms with E-state index in [1.165, 1.54) is 0 Å². The molecule has 4 rings (SSSR count). The zero-order chi connectivity index (χ0) is 18.3. The van der Waals surface area contributed by atoms with Crippen molar-refractivity contribution in [2.24, 2.45) is 11.3 Å². The first-order valence-electron chi connectivity index (χ1n) is 9.03. The van der Waals surface area contributed by atoms with E-state index in [-0.39, 0.29) is 11.3 Å². The number of carbonyl (C=O) groups is 1. The van der Waals surface area contributed by atoms with Gasteiger partial charge in [0.2, 0.25) is 0 Å². The van der Waals surface area contributed by atoms with Crippen LogP contribution in [0.2, 0.25) is 0 Å². The number of anilines is 2. The summed E-state index contributed by atoms with van der Waals surface area (Å²) >= 11 is 0. The molecular formula is C20H24N4O2. The Labute approximate surface area is 153 Å². The third kappa shape index (κ3) is 2.74. The Morgan fingerprint density at radius 3 is 2.65 bits per heavy atom. The molecule has 6 heteroatoms. The summed E-state index contributed by atoms with van der Waals surface area (Å²) < 4.78 is 5.87. The Hall–Kier alpha value is -2.47. The van der Waals surface area contributed by atoms with Crippen molar-refractivity contribution in [2.45, 2.75) is 32.4 Å². The second kappa shape index (κ2) is 6.36. The number of aromatic nitrogens is 2. The van der Waals surface area contributed by atoms with Gasteiger partial charge in [-0.15, -0.1) is 10.2 Å². The van der Waals surface area contributed by atoms with Crippen LogP contribution in [0.4, 0.5) is 11.5 Å². The molecule has 1 N–H and O–H groups in total. The van der Waals surface area contributed by atoms with Gasteiger partial charge >= 0.3 is 0 Å². The summed E-state index contributed by atoms with van der Waals surface area (Å²) in [5, 5.41) is 11.3. The van der Waals surface area contributed by atoms with Crippen molar-refractivity contribution in [3.63, 3.8) is 0 Å². The maximum Gasteiger partial charge on any atom is 0.276 e. The first-order valence-corrected chi connectivity index (χ1v) is 9.03. The van der Waals surface area contributed by atoms with Crippen molar-refractivity contribution in [1.82, 2.24) is 10.2 Å². The van der Waals surface area contributed by atoms with Gasteiger partial charge in [-0.05, 0) is 30.7 Å². The molecule has 0 spiro atoms. The number of nitrogens with one attached hydrogen (secondary N) is 1. The Kier molecular flexibility index (Phi) is 4.15. The van der Waals surface area contributed by atoms with E-state index in [1.807, 2.05) is 36.4 Å². The van der Waals surface area contributed by atoms with Crippen LogP contribution in [-0.4, -0.2) is 41.9 Å². The van der Waals surface area contributed by atoms with E-state index in [0.717, 1.165) is 24.5 Å². The fourth-order valence-corrected chi connectivity index (χ4v) is 4.58. The highest BCUT2D eigenvalue weighted by molar-refractivity contribution is 6.02. The van der Waals surface area contributed by atoms with Crippen LogP contribution in [0.3, 0.4) is 0 Å². The van der Waals surface area contributed by atoms with Gasteiger partial charge in [-0.2, -0.15) is 0 Å². The van der Waals surface area contributed by atoms with Gasteiger partial charge in [-0.3, -0.25) is 4.79 Å². The van der Waals surface area contributed by atoms with Crippen LogP contribution in [-0.2, 0) is 4.74 Å². The summed E-state index contributed by atoms with van der Waals surface area (Å²) in [4.78, 5) is 14.5. The van der Waals surface area contributed by atoms with Gasteiger partial charge in [-0.1, -0.05) is 32.0 Å². The number of hydrogen-bond acceptors (Lipinski definition) is 5. The molecule has 2 aromatic rings. The predicted molar refractivity (Wildman–Crippen MR) is 100 cm³/mol. The third-order valence-electron chi connectivity index (χ3n) is 5.73. The molecule has 1 amide bonds. The van der Waals surface area contributed by atoms with Crippen LogP contribution in [0.25, 0.3) is 0 Å². The van der Waals surface area contributed by atoms with E-state index in [0.29, 0.717) is 23.8 Å². The first kappa shape index (κ1) is 17.0. The number of rotatable bonds is 4. The highest BCUT2D eigenvalue weighted by Gasteiger charge is 2.61. The molecule has 0 radical (unpaired) electrons. The Balaban J connectivity index is 1.47. The lowest BCUT2D eigenvalue weighted by atomic mass is 9.57. The quantitative estimate of drug-likeness (QED) is 0.916. The van der Waals surface area contributed by atoms with Crippen molar-refractivity contribution in [2.75, 3.05) is 23.9 Å². The van der Waals surface area contributed by atoms with Crippen LogP contribution in [0.5, 0.6) is 0 Å². The van der Waals surface area contributed by atoms with E-state index in [2.05, 4.69) is 41.3 Å². The Morgan fingerprint density at radius 1 is 1.19 bits per heavy atom. The minimum absolute atomic E-state index is 0.0843. The molecule has 2 fully saturated rings. The molecule has 136 valence electrons. The molecule has 1 saturated carbocycles. The van der Waals surface area contributed by atoms with Crippen LogP contribution in [0.15, 0.2) is 42.5 Å². The molecule has 3 unspecified atom stereocenters. The SMILES string of the molecule is CN(c1ccc(C(=O)Nc2ccccc2)nn1)C1C2CCOC2C1(C)C. The first-order chi connectivity index (χ1) is 12.5. The minimum atomic E-state index is -0.258. The van der Waals surface area contributed by atoms with Gasteiger partial charge in [-0.25, -0.2) is 0 Å². The lowest BCUT2D eigenvalue weighted by molar-refractivity contribution is -0.101. The molecule has 1 saturated heterocycles. The van der Waals surface area contributed by atoms with Crippen molar-refractivity contribution in [1.29, 1.82) is 0 Å². The van der Waals surface area contributed by atoms with Gasteiger partial charge in [0, 0.05) is 36.7 Å². The number of carbonyl (C=O) groups excluding carboxylic acids is 1. The van der Waals surface area contributed by atoms with Gasteiger partial charge in [0.05, 0.1) is 6.10 Å². The molecule has 2 aliphatic rings. The van der Waals surface area contributed by atoms with Crippen LogP contribution in [0, 0.1) is 11.3 Å². The zero-order valence-corrected chi connectivity index (χ0v) is 15.3. The van der Waals surface area contributed by atoms with Crippen molar-refractivity contribution >= 4 is 17.4 Å². The number of fused-ring (bicyclic) bond motifs is 1. The standard InChI is InChI=1S/C20H24N4O2/c1-20(2)17(14-11-12-26-18(14)20)24(3)16-10-9-15(22-23-16)19(25)21-13-7-5-4-6-8-13/h4-10,14,17-18H,11-12H2,1-3H3,(H,21,25). The number of nitrogens with zero attached hydrogens (tertiary/aromatic N) is 3. The average molecular weight is 352 g/mol. The van der Waals surface area contributed by atoms with E-state index < -0.39 is 0 Å². The molecule has 1 aromatic carbocycles. The monoisotopic (exact) mass is 352 g/mol. The number of benzene rings is 1. The van der Waals surface area contributed by atoms with Crippen molar-refractivity contribution in [3.05, 3.63) is 48.2 Å². The molecular weight excluding hydrogens is 328 g/mol. The largest absolute Gasteiger partial charge is 0.377 e. The second-order valence-corrected chi connectivity index (χ2v) is 7.72. The summed E-state index contributed by atoms with van der Waals surface area (Å²) in [5.41, 5.74) is 1.13. The van der Waals surface area contributed by atoms with Crippen molar-refractivity contribution in [3.8, 4) is 0 Å². The number of hydrogen-bond donors (Lipinski definition) is 1. The summed E-state index contributed by atoms with van der Waals surface area (Å²) in [6.45, 7) is 5.33. The van der Waals surface area contributed by atoms with E-state index in [1.54, 1.807) is 6.07 Å². The number of ether oxygens (including phenoxy) is 1. The smallest absolute Gasteiger partial charge is 0.276 e. The minimum Gasteiger partial charge on any atom is -0.377 e. The lowest BCUT2D eigenvalue weighted by Gasteiger charge is -2.58. The van der Waals surface area contributed by atoms with Crippen LogP contribution < -0.4 is 10.2 Å². The molecule has 3 atom stereocenters. The normalized spacial score (nSPS) is 25.9. The summed E-state index contributed by atoms with van der Waals surface area (Å²) in [6.07, 6.45) is 1.42. The fourth-order valence-electron chi connectivity index (χ4n) is 4.58. The highest BCUT2D eigenvalue weighted by Crippen LogP contribution is 2.54. The fraction of sp³-hybridized carbons (Fsp3) is 0.450. The second-order valence-electron chi connectivity index (χ2n) is 7.72. The molecule has 2 heterocycles. The van der Waals surface area contributed by atoms with Gasteiger partial charge in [0.15, 0.2) is 11.5 Å². The topological polar surface area (TPSA) is 67.4 Å². The number of amides is 1. The molecule has 0 bridgehead atoms. The van der Waals surface area contributed by atoms with E-state index in [9.17, 15) is 4.79 Å². The molecule has 1 aliphatic heterocycles. The van der Waals surface area contributed by atoms with Gasteiger partial charge < -0.3 is 15.0 Å². The van der Waals surface area contributed by atoms with Crippen LogP contribution in [0.1, 0.15) is 30.8 Å². The third-order valence-corrected chi connectivity index (χ3v) is 5.73. The summed E-state index contributed by atoms with van der Waals surface area (Å²) in [6, 6.07) is 13.3. The summed E-state index contributed by atoms with van der Waals surface area (Å²) in [7, 11) is 2.05. The molecule has 1 aromatic heterocycles. The zero-order valence-electron chi connectivity index (χ0n) is 15.3. The van der Waals surface area contributed by atoms with Crippen molar-refractivity contribution < 1.29 is 9.53 Å². The Morgan fingerprint density at radius 2 is 1.96 bits per heavy atom. The average Bonchev–Trinajstić information content (AvgIpc) is 3.09. The number of para-hydroxylation sites is 1. The molecule has 26 heavy (non-hydrogen) atoms. The maximum absolute atomic E-state index is 12.3.